The van der Waals surface area contributed by atoms with Crippen LogP contribution in [0.2, 0.25) is 0 Å². The average Bonchev–Trinajstić information content (AvgIpc) is 2.56. The number of hydrogen-bond donors (Lipinski definition) is 1. The Balaban J connectivity index is 2.41. The fourth-order valence-electron chi connectivity index (χ4n) is 2.05. The average molecular weight is 398 g/mol. The summed E-state index contributed by atoms with van der Waals surface area (Å²) in [5.74, 6) is -2.10. The first-order chi connectivity index (χ1) is 12.4. The summed E-state index contributed by atoms with van der Waals surface area (Å²) in [4.78, 5) is 36.7. The van der Waals surface area contributed by atoms with Crippen LogP contribution >= 0.6 is 0 Å². The second-order valence-corrected chi connectivity index (χ2v) is 9.20. The van der Waals surface area contributed by atoms with Crippen molar-refractivity contribution >= 4 is 27.6 Å². The van der Waals surface area contributed by atoms with Crippen LogP contribution in [-0.4, -0.2) is 62.6 Å². The van der Waals surface area contributed by atoms with Crippen LogP contribution in [0, 0.1) is 0 Å². The third-order valence-electron chi connectivity index (χ3n) is 3.35. The van der Waals surface area contributed by atoms with Crippen molar-refractivity contribution in [2.24, 2.45) is 0 Å². The summed E-state index contributed by atoms with van der Waals surface area (Å²) in [6.07, 6.45) is -0.362. The zero-order valence-corrected chi connectivity index (χ0v) is 16.8. The van der Waals surface area contributed by atoms with Gasteiger partial charge in [-0.1, -0.05) is 18.2 Å². The Bertz CT molecular complexity index is 769. The van der Waals surface area contributed by atoms with E-state index in [0.29, 0.717) is 0 Å². The summed E-state index contributed by atoms with van der Waals surface area (Å²) in [6.45, 7) is 4.73. The fourth-order valence-corrected chi connectivity index (χ4v) is 3.29. The number of nitrogens with one attached hydrogen (secondary N) is 1. The third kappa shape index (κ3) is 8.67. The van der Waals surface area contributed by atoms with Crippen molar-refractivity contribution in [3.8, 4) is 0 Å². The molecule has 0 saturated heterocycles. The minimum atomic E-state index is -3.59. The minimum Gasteiger partial charge on any atom is -0.456 e. The molecule has 0 fully saturated rings. The quantitative estimate of drug-likeness (QED) is 0.648. The van der Waals surface area contributed by atoms with Gasteiger partial charge in [0.25, 0.3) is 5.91 Å². The molecular weight excluding hydrogens is 372 g/mol. The molecule has 1 aromatic rings. The molecule has 0 aliphatic heterocycles. The number of sulfone groups is 1. The summed E-state index contributed by atoms with van der Waals surface area (Å²) >= 11 is 0. The van der Waals surface area contributed by atoms with Crippen molar-refractivity contribution in [1.29, 1.82) is 0 Å². The molecule has 0 unspecified atom stereocenters. The van der Waals surface area contributed by atoms with E-state index in [9.17, 15) is 22.8 Å². The summed E-state index contributed by atoms with van der Waals surface area (Å²) in [6, 6.07) is 7.77. The van der Waals surface area contributed by atoms with E-state index in [-0.39, 0.29) is 23.8 Å². The number of rotatable bonds is 8. The van der Waals surface area contributed by atoms with Crippen LogP contribution in [0.5, 0.6) is 0 Å². The van der Waals surface area contributed by atoms with Crippen LogP contribution in [0.25, 0.3) is 0 Å². The zero-order chi connectivity index (χ0) is 20.7. The molecule has 0 spiro atoms. The maximum Gasteiger partial charge on any atom is 0.307 e. The van der Waals surface area contributed by atoms with Crippen molar-refractivity contribution in [2.45, 2.75) is 37.6 Å². The zero-order valence-electron chi connectivity index (χ0n) is 16.0. The van der Waals surface area contributed by atoms with Crippen LogP contribution in [0.15, 0.2) is 35.2 Å². The van der Waals surface area contributed by atoms with Gasteiger partial charge in [0.1, 0.15) is 0 Å². The van der Waals surface area contributed by atoms with Gasteiger partial charge >= 0.3 is 5.97 Å². The number of carbonyl (C=O) groups is 3. The highest BCUT2D eigenvalue weighted by Gasteiger charge is 2.20. The molecule has 1 N–H and O–H groups in total. The maximum atomic E-state index is 12.1. The molecule has 0 radical (unpaired) electrons. The Hall–Kier alpha value is -2.42. The summed E-state index contributed by atoms with van der Waals surface area (Å²) in [5, 5.41) is 2.71. The van der Waals surface area contributed by atoms with Crippen LogP contribution in [0.1, 0.15) is 27.2 Å². The largest absolute Gasteiger partial charge is 0.456 e. The lowest BCUT2D eigenvalue weighted by molar-refractivity contribution is -0.151. The van der Waals surface area contributed by atoms with Crippen molar-refractivity contribution in [3.05, 3.63) is 30.3 Å². The van der Waals surface area contributed by atoms with Gasteiger partial charge in [0, 0.05) is 12.6 Å². The molecule has 150 valence electrons. The van der Waals surface area contributed by atoms with E-state index >= 15 is 0 Å². The summed E-state index contributed by atoms with van der Waals surface area (Å²) in [5.41, 5.74) is -0.419. The molecule has 0 atom stereocenters. The Labute approximate surface area is 159 Å². The van der Waals surface area contributed by atoms with E-state index in [1.165, 1.54) is 19.2 Å². The van der Waals surface area contributed by atoms with E-state index in [1.54, 1.807) is 18.2 Å². The number of esters is 1. The number of likely N-dealkylation sites (N-methyl/N-ethyl adjacent to an activating group) is 1. The lowest BCUT2D eigenvalue weighted by atomic mass is 10.1. The number of nitrogens with zero attached hydrogens (tertiary/aromatic N) is 1. The standard InChI is InChI=1S/C18H26N2O6S/c1-18(2,3)19-15(21)12-20(4)16(22)13-26-17(23)10-11-27(24,25)14-8-6-5-7-9-14/h5-9H,10-13H2,1-4H3,(H,19,21). The van der Waals surface area contributed by atoms with Crippen molar-refractivity contribution in [3.63, 3.8) is 0 Å². The molecule has 0 aliphatic carbocycles. The van der Waals surface area contributed by atoms with E-state index < -0.39 is 39.6 Å². The molecule has 8 nitrogen and oxygen atoms in total. The van der Waals surface area contributed by atoms with Crippen LogP contribution in [0.4, 0.5) is 0 Å². The molecule has 0 saturated carbocycles. The highest BCUT2D eigenvalue weighted by atomic mass is 32.2. The predicted molar refractivity (Wildman–Crippen MR) is 99.6 cm³/mol. The molecule has 2 amide bonds. The lowest BCUT2D eigenvalue weighted by Gasteiger charge is -2.23. The molecule has 1 aromatic carbocycles. The second-order valence-electron chi connectivity index (χ2n) is 7.09. The number of hydrogen-bond acceptors (Lipinski definition) is 6. The Morgan fingerprint density at radius 3 is 2.26 bits per heavy atom. The smallest absolute Gasteiger partial charge is 0.307 e. The molecule has 1 rings (SSSR count). The predicted octanol–water partition coefficient (Wildman–Crippen LogP) is 0.767. The first-order valence-corrected chi connectivity index (χ1v) is 10.0. The monoisotopic (exact) mass is 398 g/mol. The van der Waals surface area contributed by atoms with Crippen LogP contribution < -0.4 is 5.32 Å². The van der Waals surface area contributed by atoms with Gasteiger partial charge in [0.05, 0.1) is 23.6 Å². The van der Waals surface area contributed by atoms with E-state index in [1.807, 2.05) is 20.8 Å². The number of ether oxygens (including phenoxy) is 1. The van der Waals surface area contributed by atoms with Crippen LogP contribution in [0.3, 0.4) is 0 Å². The number of benzene rings is 1. The Morgan fingerprint density at radius 1 is 1.11 bits per heavy atom. The lowest BCUT2D eigenvalue weighted by Crippen LogP contribution is -2.46. The molecule has 0 aliphatic rings. The van der Waals surface area contributed by atoms with E-state index in [2.05, 4.69) is 5.32 Å². The van der Waals surface area contributed by atoms with Gasteiger partial charge < -0.3 is 15.0 Å². The Kier molecular flexibility index (Phi) is 7.96. The van der Waals surface area contributed by atoms with E-state index in [0.717, 1.165) is 4.90 Å². The molecular formula is C18H26N2O6S. The maximum absolute atomic E-state index is 12.1. The first kappa shape index (κ1) is 22.6. The molecule has 0 bridgehead atoms. The molecule has 0 aromatic heterocycles. The van der Waals surface area contributed by atoms with Gasteiger partial charge in [-0.2, -0.15) is 0 Å². The Morgan fingerprint density at radius 2 is 1.70 bits per heavy atom. The normalized spacial score (nSPS) is 11.6. The highest BCUT2D eigenvalue weighted by molar-refractivity contribution is 7.91. The van der Waals surface area contributed by atoms with Gasteiger partial charge in [-0.05, 0) is 32.9 Å². The third-order valence-corrected chi connectivity index (χ3v) is 5.09. The van der Waals surface area contributed by atoms with Gasteiger partial charge in [0.2, 0.25) is 5.91 Å². The van der Waals surface area contributed by atoms with Gasteiger partial charge in [-0.15, -0.1) is 0 Å². The molecule has 0 heterocycles. The SMILES string of the molecule is CN(CC(=O)NC(C)(C)C)C(=O)COC(=O)CCS(=O)(=O)c1ccccc1. The van der Waals surface area contributed by atoms with Crippen LogP contribution in [-0.2, 0) is 29.0 Å². The number of carbonyl (C=O) groups excluding carboxylic acids is 3. The highest BCUT2D eigenvalue weighted by Crippen LogP contribution is 2.11. The van der Waals surface area contributed by atoms with Gasteiger partial charge in [-0.3, -0.25) is 14.4 Å². The fraction of sp³-hybridized carbons (Fsp3) is 0.500. The summed E-state index contributed by atoms with van der Waals surface area (Å²) in [7, 11) is -2.18. The molecule has 27 heavy (non-hydrogen) atoms. The van der Waals surface area contributed by atoms with Crippen molar-refractivity contribution in [1.82, 2.24) is 10.2 Å². The summed E-state index contributed by atoms with van der Waals surface area (Å²) < 4.78 is 29.0. The molecule has 9 heteroatoms. The minimum absolute atomic E-state index is 0.124. The first-order valence-electron chi connectivity index (χ1n) is 8.39. The topological polar surface area (TPSA) is 110 Å². The van der Waals surface area contributed by atoms with E-state index in [4.69, 9.17) is 4.74 Å². The van der Waals surface area contributed by atoms with Crippen molar-refractivity contribution < 1.29 is 27.5 Å². The van der Waals surface area contributed by atoms with Gasteiger partial charge in [0.15, 0.2) is 16.4 Å². The second kappa shape index (κ2) is 9.50. The van der Waals surface area contributed by atoms with Crippen molar-refractivity contribution in [2.75, 3.05) is 26.0 Å². The number of amides is 2. The van der Waals surface area contributed by atoms with Gasteiger partial charge in [-0.25, -0.2) is 8.42 Å².